The van der Waals surface area contributed by atoms with Crippen LogP contribution in [0.3, 0.4) is 0 Å². The number of nitrogens with one attached hydrogen (secondary N) is 1. The van der Waals surface area contributed by atoms with Crippen LogP contribution in [-0.4, -0.2) is 14.8 Å². The molecule has 0 aliphatic rings. The van der Waals surface area contributed by atoms with Gasteiger partial charge in [-0.1, -0.05) is 24.3 Å². The van der Waals surface area contributed by atoms with E-state index in [9.17, 15) is 0 Å². The minimum Gasteiger partial charge on any atom is -0.308 e. The lowest BCUT2D eigenvalue weighted by Crippen LogP contribution is -2.09. The van der Waals surface area contributed by atoms with Crippen LogP contribution in [0, 0.1) is 0 Å². The van der Waals surface area contributed by atoms with Crippen molar-refractivity contribution in [3.63, 3.8) is 0 Å². The molecule has 2 aromatic heterocycles. The number of anilines is 1. The van der Waals surface area contributed by atoms with Crippen LogP contribution in [0.15, 0.2) is 48.8 Å². The SMILES string of the molecule is NNc1ccc(Cn2ncc3ccccc32)cn1. The smallest absolute Gasteiger partial charge is 0.139 e. The van der Waals surface area contributed by atoms with Gasteiger partial charge in [-0.15, -0.1) is 0 Å². The third-order valence-electron chi connectivity index (χ3n) is 2.86. The van der Waals surface area contributed by atoms with Crippen molar-refractivity contribution >= 4 is 16.7 Å². The van der Waals surface area contributed by atoms with Crippen molar-refractivity contribution in [2.75, 3.05) is 5.43 Å². The van der Waals surface area contributed by atoms with E-state index >= 15 is 0 Å². The third kappa shape index (κ3) is 1.91. The Morgan fingerprint density at radius 2 is 2.00 bits per heavy atom. The average molecular weight is 239 g/mol. The van der Waals surface area contributed by atoms with Crippen molar-refractivity contribution in [3.8, 4) is 0 Å². The van der Waals surface area contributed by atoms with Crippen molar-refractivity contribution in [2.24, 2.45) is 5.84 Å². The molecule has 0 spiro atoms. The van der Waals surface area contributed by atoms with Gasteiger partial charge in [-0.05, 0) is 17.7 Å². The van der Waals surface area contributed by atoms with Crippen LogP contribution in [0.5, 0.6) is 0 Å². The number of rotatable bonds is 3. The zero-order chi connectivity index (χ0) is 12.4. The second kappa shape index (κ2) is 4.46. The van der Waals surface area contributed by atoms with Gasteiger partial charge in [-0.2, -0.15) is 5.10 Å². The Labute approximate surface area is 104 Å². The second-order valence-electron chi connectivity index (χ2n) is 4.06. The zero-order valence-corrected chi connectivity index (χ0v) is 9.74. The van der Waals surface area contributed by atoms with Gasteiger partial charge in [0.25, 0.3) is 0 Å². The first kappa shape index (κ1) is 10.7. The second-order valence-corrected chi connectivity index (χ2v) is 4.06. The quantitative estimate of drug-likeness (QED) is 0.540. The molecule has 5 heteroatoms. The Bertz CT molecular complexity index is 656. The number of fused-ring (bicyclic) bond motifs is 1. The predicted molar refractivity (Wildman–Crippen MR) is 70.9 cm³/mol. The zero-order valence-electron chi connectivity index (χ0n) is 9.74. The van der Waals surface area contributed by atoms with Crippen LogP contribution in [0.1, 0.15) is 5.56 Å². The molecule has 0 aliphatic carbocycles. The summed E-state index contributed by atoms with van der Waals surface area (Å²) in [6.07, 6.45) is 3.67. The lowest BCUT2D eigenvalue weighted by Gasteiger charge is -2.04. The van der Waals surface area contributed by atoms with Crippen LogP contribution < -0.4 is 11.3 Å². The molecule has 2 heterocycles. The first-order valence-electron chi connectivity index (χ1n) is 5.69. The summed E-state index contributed by atoms with van der Waals surface area (Å²) >= 11 is 0. The van der Waals surface area contributed by atoms with Crippen molar-refractivity contribution < 1.29 is 0 Å². The number of nitrogens with zero attached hydrogens (tertiary/aromatic N) is 3. The van der Waals surface area contributed by atoms with Gasteiger partial charge in [0.2, 0.25) is 0 Å². The molecule has 0 amide bonds. The Balaban J connectivity index is 1.91. The largest absolute Gasteiger partial charge is 0.308 e. The van der Waals surface area contributed by atoms with Gasteiger partial charge < -0.3 is 5.43 Å². The number of hydrogen-bond donors (Lipinski definition) is 2. The standard InChI is InChI=1S/C13H13N5/c14-17-13-6-5-10(7-15-13)9-18-12-4-2-1-3-11(12)8-16-18/h1-8H,9,14H2,(H,15,17). The van der Waals surface area contributed by atoms with Crippen molar-refractivity contribution in [1.82, 2.24) is 14.8 Å². The Kier molecular flexibility index (Phi) is 2.66. The molecule has 0 saturated heterocycles. The number of nitrogens with two attached hydrogens (primary N) is 1. The molecule has 0 unspecified atom stereocenters. The van der Waals surface area contributed by atoms with Crippen molar-refractivity contribution in [3.05, 3.63) is 54.4 Å². The summed E-state index contributed by atoms with van der Waals surface area (Å²) in [6, 6.07) is 12.0. The van der Waals surface area contributed by atoms with Gasteiger partial charge in [0.05, 0.1) is 18.3 Å². The molecule has 0 saturated carbocycles. The van der Waals surface area contributed by atoms with E-state index in [4.69, 9.17) is 5.84 Å². The minimum atomic E-state index is 0.657. The number of hydrazine groups is 1. The van der Waals surface area contributed by atoms with Gasteiger partial charge in [0, 0.05) is 11.6 Å². The summed E-state index contributed by atoms with van der Waals surface area (Å²) in [6.45, 7) is 0.700. The predicted octanol–water partition coefficient (Wildman–Crippen LogP) is 1.77. The van der Waals surface area contributed by atoms with Crippen molar-refractivity contribution in [2.45, 2.75) is 6.54 Å². The maximum atomic E-state index is 5.28. The number of para-hydroxylation sites is 1. The fraction of sp³-hybridized carbons (Fsp3) is 0.0769. The number of aromatic nitrogens is 3. The monoisotopic (exact) mass is 239 g/mol. The van der Waals surface area contributed by atoms with Crippen LogP contribution in [-0.2, 0) is 6.54 Å². The van der Waals surface area contributed by atoms with E-state index in [1.54, 1.807) is 6.20 Å². The first-order valence-corrected chi connectivity index (χ1v) is 5.69. The molecular weight excluding hydrogens is 226 g/mol. The summed E-state index contributed by atoms with van der Waals surface area (Å²) in [7, 11) is 0. The molecule has 90 valence electrons. The molecule has 18 heavy (non-hydrogen) atoms. The normalized spacial score (nSPS) is 10.7. The highest BCUT2D eigenvalue weighted by atomic mass is 15.3. The summed E-state index contributed by atoms with van der Waals surface area (Å²) < 4.78 is 1.96. The van der Waals surface area contributed by atoms with E-state index in [-0.39, 0.29) is 0 Å². The van der Waals surface area contributed by atoms with E-state index in [0.717, 1.165) is 16.5 Å². The van der Waals surface area contributed by atoms with E-state index in [1.165, 1.54) is 0 Å². The highest BCUT2D eigenvalue weighted by Crippen LogP contribution is 2.14. The molecule has 3 N–H and O–H groups in total. The summed E-state index contributed by atoms with van der Waals surface area (Å²) in [5, 5.41) is 5.53. The molecule has 0 aliphatic heterocycles. The highest BCUT2D eigenvalue weighted by Gasteiger charge is 2.02. The van der Waals surface area contributed by atoms with E-state index in [1.807, 2.05) is 35.1 Å². The number of hydrogen-bond acceptors (Lipinski definition) is 4. The maximum absolute atomic E-state index is 5.28. The topological polar surface area (TPSA) is 68.8 Å². The number of pyridine rings is 1. The van der Waals surface area contributed by atoms with Crippen LogP contribution in [0.4, 0.5) is 5.82 Å². The minimum absolute atomic E-state index is 0.657. The fourth-order valence-electron chi connectivity index (χ4n) is 1.93. The summed E-state index contributed by atoms with van der Waals surface area (Å²) in [5.74, 6) is 5.94. The molecule has 0 radical (unpaired) electrons. The fourth-order valence-corrected chi connectivity index (χ4v) is 1.93. The van der Waals surface area contributed by atoms with Crippen LogP contribution >= 0.6 is 0 Å². The number of benzene rings is 1. The highest BCUT2D eigenvalue weighted by molar-refractivity contribution is 5.78. The van der Waals surface area contributed by atoms with Crippen LogP contribution in [0.2, 0.25) is 0 Å². The summed E-state index contributed by atoms with van der Waals surface area (Å²) in [4.78, 5) is 4.18. The first-order chi connectivity index (χ1) is 8.86. The molecule has 1 aromatic carbocycles. The average Bonchev–Trinajstić information content (AvgIpc) is 2.83. The van der Waals surface area contributed by atoms with E-state index in [2.05, 4.69) is 27.6 Å². The molecular formula is C13H13N5. The lowest BCUT2D eigenvalue weighted by atomic mass is 10.2. The van der Waals surface area contributed by atoms with Crippen molar-refractivity contribution in [1.29, 1.82) is 0 Å². The van der Waals surface area contributed by atoms with E-state index < -0.39 is 0 Å². The molecule has 0 fully saturated rings. The molecule has 0 bridgehead atoms. The van der Waals surface area contributed by atoms with Gasteiger partial charge in [0.1, 0.15) is 5.82 Å². The molecule has 5 nitrogen and oxygen atoms in total. The maximum Gasteiger partial charge on any atom is 0.139 e. The van der Waals surface area contributed by atoms with Gasteiger partial charge in [0.15, 0.2) is 0 Å². The van der Waals surface area contributed by atoms with Crippen LogP contribution in [0.25, 0.3) is 10.9 Å². The van der Waals surface area contributed by atoms with Gasteiger partial charge in [-0.3, -0.25) is 4.68 Å². The Hall–Kier alpha value is -2.40. The summed E-state index contributed by atoms with van der Waals surface area (Å²) in [5.41, 5.74) is 4.72. The number of nitrogen functional groups attached to an aromatic ring is 1. The van der Waals surface area contributed by atoms with E-state index in [0.29, 0.717) is 12.4 Å². The lowest BCUT2D eigenvalue weighted by molar-refractivity contribution is 0.710. The Morgan fingerprint density at radius 3 is 2.78 bits per heavy atom. The van der Waals surface area contributed by atoms with Gasteiger partial charge in [-0.25, -0.2) is 10.8 Å². The third-order valence-corrected chi connectivity index (χ3v) is 2.86. The molecule has 0 atom stereocenters. The molecule has 3 rings (SSSR count). The Morgan fingerprint density at radius 1 is 1.11 bits per heavy atom. The van der Waals surface area contributed by atoms with Gasteiger partial charge >= 0.3 is 0 Å². The molecule has 3 aromatic rings.